The van der Waals surface area contributed by atoms with Gasteiger partial charge in [-0.25, -0.2) is 0 Å². The van der Waals surface area contributed by atoms with Crippen molar-refractivity contribution in [2.45, 2.75) is 13.3 Å². The maximum absolute atomic E-state index is 9.53. The molecule has 2 fully saturated rings. The topological polar surface area (TPSA) is 35.9 Å². The van der Waals surface area contributed by atoms with Crippen LogP contribution in [0.4, 0.5) is 0 Å². The lowest BCUT2D eigenvalue weighted by molar-refractivity contribution is 0.0372. The van der Waals surface area contributed by atoms with E-state index in [1.807, 2.05) is 0 Å². The van der Waals surface area contributed by atoms with Crippen LogP contribution in [0.3, 0.4) is 0 Å². The Hall–Kier alpha value is -0.160. The normalized spacial score (nSPS) is 33.4. The van der Waals surface area contributed by atoms with Crippen molar-refractivity contribution in [2.75, 3.05) is 59.1 Å². The average molecular weight is 228 g/mol. The van der Waals surface area contributed by atoms with Crippen LogP contribution in [-0.4, -0.2) is 74.0 Å². The first kappa shape index (κ1) is 12.3. The fraction of sp³-hybridized carbons (Fsp3) is 1.00. The molecule has 94 valence electrons. The van der Waals surface area contributed by atoms with Gasteiger partial charge in [0.25, 0.3) is 0 Å². The first-order valence-electron chi connectivity index (χ1n) is 6.41. The molecule has 1 atom stereocenters. The zero-order valence-electron chi connectivity index (χ0n) is 10.3. The number of hydrogen-bond donors (Lipinski definition) is 1. The first-order valence-corrected chi connectivity index (χ1v) is 6.41. The smallest absolute Gasteiger partial charge is 0.0557 e. The molecule has 0 radical (unpaired) electrons. The summed E-state index contributed by atoms with van der Waals surface area (Å²) in [6, 6.07) is 0. The molecule has 1 N–H and O–H groups in total. The Morgan fingerprint density at radius 1 is 1.19 bits per heavy atom. The number of aliphatic hydroxyl groups excluding tert-OH is 1. The van der Waals surface area contributed by atoms with Crippen LogP contribution >= 0.6 is 0 Å². The van der Waals surface area contributed by atoms with Gasteiger partial charge in [0.1, 0.15) is 0 Å². The van der Waals surface area contributed by atoms with Gasteiger partial charge in [-0.15, -0.1) is 0 Å². The molecule has 2 aliphatic heterocycles. The third-order valence-corrected chi connectivity index (χ3v) is 3.99. The number of rotatable bonds is 4. The molecule has 2 aliphatic rings. The molecule has 4 nitrogen and oxygen atoms in total. The highest BCUT2D eigenvalue weighted by atomic mass is 16.5. The van der Waals surface area contributed by atoms with Gasteiger partial charge in [-0.1, -0.05) is 6.92 Å². The summed E-state index contributed by atoms with van der Waals surface area (Å²) >= 11 is 0. The lowest BCUT2D eigenvalue weighted by atomic mass is 9.87. The fourth-order valence-electron chi connectivity index (χ4n) is 2.69. The quantitative estimate of drug-likeness (QED) is 0.736. The monoisotopic (exact) mass is 228 g/mol. The largest absolute Gasteiger partial charge is 0.396 e. The fourth-order valence-corrected chi connectivity index (χ4v) is 2.69. The number of hydrogen-bond acceptors (Lipinski definition) is 4. The van der Waals surface area contributed by atoms with Crippen LogP contribution in [0.2, 0.25) is 0 Å². The molecule has 2 saturated heterocycles. The molecule has 0 saturated carbocycles. The van der Waals surface area contributed by atoms with Gasteiger partial charge in [-0.3, -0.25) is 0 Å². The molecule has 0 aromatic heterocycles. The third kappa shape index (κ3) is 2.74. The number of aliphatic hydroxyl groups is 1. The number of likely N-dealkylation sites (N-methyl/N-ethyl adjacent to an activating group) is 1. The van der Waals surface area contributed by atoms with E-state index in [2.05, 4.69) is 16.7 Å². The highest BCUT2D eigenvalue weighted by Gasteiger charge is 2.36. The van der Waals surface area contributed by atoms with Crippen LogP contribution in [0.15, 0.2) is 0 Å². The first-order chi connectivity index (χ1) is 7.78. The standard InChI is InChI=1S/C12H24N2O2/c1-2-13-4-6-14(7-5-13)9-12(10-15)3-8-16-11-12/h15H,2-11H2,1H3. The average Bonchev–Trinajstić information content (AvgIpc) is 2.79. The predicted octanol–water partition coefficient (Wildman–Crippen LogP) is 0.0229. The summed E-state index contributed by atoms with van der Waals surface area (Å²) in [5, 5.41) is 9.53. The molecule has 2 heterocycles. The second-order valence-electron chi connectivity index (χ2n) is 5.17. The molecule has 0 aliphatic carbocycles. The Bertz CT molecular complexity index is 209. The summed E-state index contributed by atoms with van der Waals surface area (Å²) in [4.78, 5) is 4.96. The molecule has 0 bridgehead atoms. The second-order valence-corrected chi connectivity index (χ2v) is 5.17. The van der Waals surface area contributed by atoms with Crippen molar-refractivity contribution in [3.63, 3.8) is 0 Å². The molecular formula is C12H24N2O2. The van der Waals surface area contributed by atoms with Gasteiger partial charge in [0, 0.05) is 44.7 Å². The van der Waals surface area contributed by atoms with E-state index in [0.717, 1.165) is 45.8 Å². The minimum atomic E-state index is 0.0222. The summed E-state index contributed by atoms with van der Waals surface area (Å²) in [5.74, 6) is 0. The number of nitrogens with zero attached hydrogens (tertiary/aromatic N) is 2. The van der Waals surface area contributed by atoms with E-state index < -0.39 is 0 Å². The Morgan fingerprint density at radius 3 is 2.38 bits per heavy atom. The van der Waals surface area contributed by atoms with Crippen LogP contribution in [0.5, 0.6) is 0 Å². The lowest BCUT2D eigenvalue weighted by Gasteiger charge is -2.38. The van der Waals surface area contributed by atoms with Gasteiger partial charge in [-0.2, -0.15) is 0 Å². The second kappa shape index (κ2) is 5.45. The van der Waals surface area contributed by atoms with Gasteiger partial charge in [0.2, 0.25) is 0 Å². The maximum atomic E-state index is 9.53. The van der Waals surface area contributed by atoms with Crippen molar-refractivity contribution < 1.29 is 9.84 Å². The third-order valence-electron chi connectivity index (χ3n) is 3.99. The SMILES string of the molecule is CCN1CCN(CC2(CO)CCOC2)CC1. The van der Waals surface area contributed by atoms with Crippen molar-refractivity contribution in [3.05, 3.63) is 0 Å². The Balaban J connectivity index is 1.81. The zero-order valence-corrected chi connectivity index (χ0v) is 10.3. The van der Waals surface area contributed by atoms with Crippen molar-refractivity contribution in [1.82, 2.24) is 9.80 Å². The minimum absolute atomic E-state index is 0.0222. The summed E-state index contributed by atoms with van der Waals surface area (Å²) in [7, 11) is 0. The molecule has 16 heavy (non-hydrogen) atoms. The van der Waals surface area contributed by atoms with Crippen molar-refractivity contribution in [1.29, 1.82) is 0 Å². The van der Waals surface area contributed by atoms with E-state index >= 15 is 0 Å². The van der Waals surface area contributed by atoms with Gasteiger partial charge >= 0.3 is 0 Å². The molecule has 0 spiro atoms. The van der Waals surface area contributed by atoms with E-state index in [9.17, 15) is 5.11 Å². The Kier molecular flexibility index (Phi) is 4.19. The van der Waals surface area contributed by atoms with Gasteiger partial charge < -0.3 is 19.6 Å². The number of piperazine rings is 1. The Labute approximate surface area is 98.2 Å². The summed E-state index contributed by atoms with van der Waals surface area (Å²) in [6.07, 6.45) is 1.01. The molecule has 2 rings (SSSR count). The molecule has 4 heteroatoms. The van der Waals surface area contributed by atoms with Crippen LogP contribution in [0, 0.1) is 5.41 Å². The minimum Gasteiger partial charge on any atom is -0.396 e. The number of ether oxygens (including phenoxy) is 1. The van der Waals surface area contributed by atoms with Gasteiger partial charge in [0.05, 0.1) is 13.2 Å². The highest BCUT2D eigenvalue weighted by molar-refractivity contribution is 4.87. The van der Waals surface area contributed by atoms with E-state index in [1.165, 1.54) is 13.1 Å². The Morgan fingerprint density at radius 2 is 1.88 bits per heavy atom. The van der Waals surface area contributed by atoms with E-state index in [4.69, 9.17) is 4.74 Å². The zero-order chi connectivity index (χ0) is 11.4. The van der Waals surface area contributed by atoms with E-state index in [0.29, 0.717) is 0 Å². The van der Waals surface area contributed by atoms with E-state index in [-0.39, 0.29) is 12.0 Å². The highest BCUT2D eigenvalue weighted by Crippen LogP contribution is 2.29. The van der Waals surface area contributed by atoms with Crippen LogP contribution in [0.1, 0.15) is 13.3 Å². The predicted molar refractivity (Wildman–Crippen MR) is 63.5 cm³/mol. The van der Waals surface area contributed by atoms with Crippen LogP contribution in [0.25, 0.3) is 0 Å². The van der Waals surface area contributed by atoms with Crippen molar-refractivity contribution >= 4 is 0 Å². The summed E-state index contributed by atoms with van der Waals surface area (Å²) in [5.41, 5.74) is 0.0222. The molecule has 1 unspecified atom stereocenters. The van der Waals surface area contributed by atoms with Crippen LogP contribution in [-0.2, 0) is 4.74 Å². The molecule has 0 amide bonds. The van der Waals surface area contributed by atoms with Gasteiger partial charge in [0.15, 0.2) is 0 Å². The molecular weight excluding hydrogens is 204 g/mol. The molecule has 0 aromatic rings. The van der Waals surface area contributed by atoms with Crippen molar-refractivity contribution in [2.24, 2.45) is 5.41 Å². The summed E-state index contributed by atoms with van der Waals surface area (Å²) < 4.78 is 5.44. The van der Waals surface area contributed by atoms with Crippen molar-refractivity contribution in [3.8, 4) is 0 Å². The van der Waals surface area contributed by atoms with Gasteiger partial charge in [-0.05, 0) is 13.0 Å². The van der Waals surface area contributed by atoms with E-state index in [1.54, 1.807) is 0 Å². The lowest BCUT2D eigenvalue weighted by Crippen LogP contribution is -2.50. The summed E-state index contributed by atoms with van der Waals surface area (Å²) in [6.45, 7) is 10.8. The molecule has 0 aromatic carbocycles. The maximum Gasteiger partial charge on any atom is 0.0557 e. The van der Waals surface area contributed by atoms with Crippen LogP contribution < -0.4 is 0 Å².